The van der Waals surface area contributed by atoms with Crippen LogP contribution >= 0.6 is 0 Å². The second-order valence-electron chi connectivity index (χ2n) is 5.46. The van der Waals surface area contributed by atoms with Gasteiger partial charge in [-0.1, -0.05) is 32.6 Å². The van der Waals surface area contributed by atoms with Crippen LogP contribution in [0.15, 0.2) is 63.8 Å². The van der Waals surface area contributed by atoms with Crippen molar-refractivity contribution in [2.75, 3.05) is 0 Å². The van der Waals surface area contributed by atoms with Crippen LogP contribution in [0.25, 0.3) is 0 Å². The molecule has 0 saturated heterocycles. The normalized spacial score (nSPS) is 18.9. The van der Waals surface area contributed by atoms with Crippen molar-refractivity contribution in [3.8, 4) is 0 Å². The molecule has 22 heavy (non-hydrogen) atoms. The maximum Gasteiger partial charge on any atom is 0.338 e. The molecule has 0 bridgehead atoms. The molecule has 0 aliphatic carbocycles. The number of esters is 1. The topological polar surface area (TPSA) is 51.8 Å². The first kappa shape index (κ1) is 16.0. The highest BCUT2D eigenvalue weighted by Crippen LogP contribution is 2.18. The van der Waals surface area contributed by atoms with E-state index in [0.29, 0.717) is 23.7 Å². The van der Waals surface area contributed by atoms with E-state index in [9.17, 15) is 4.79 Å². The molecule has 1 aliphatic rings. The van der Waals surface area contributed by atoms with Crippen LogP contribution < -0.4 is 0 Å². The van der Waals surface area contributed by atoms with Gasteiger partial charge in [-0.3, -0.25) is 0 Å². The summed E-state index contributed by atoms with van der Waals surface area (Å²) in [6.45, 7) is 10.2. The van der Waals surface area contributed by atoms with Crippen LogP contribution in [0.1, 0.15) is 26.5 Å². The molecule has 4 heteroatoms. The van der Waals surface area contributed by atoms with Crippen molar-refractivity contribution in [3.05, 3.63) is 60.1 Å². The predicted octanol–water partition coefficient (Wildman–Crippen LogP) is 3.86. The van der Waals surface area contributed by atoms with E-state index in [-0.39, 0.29) is 11.9 Å². The highest BCUT2D eigenvalue weighted by atomic mass is 16.6. The van der Waals surface area contributed by atoms with Gasteiger partial charge in [-0.2, -0.15) is 0 Å². The Morgan fingerprint density at radius 2 is 2.23 bits per heavy atom. The molecule has 1 unspecified atom stereocenters. The summed E-state index contributed by atoms with van der Waals surface area (Å²) in [6.07, 6.45) is 7.83. The Morgan fingerprint density at radius 3 is 2.82 bits per heavy atom. The van der Waals surface area contributed by atoms with Gasteiger partial charge in [-0.25, -0.2) is 9.79 Å². The average Bonchev–Trinajstić information content (AvgIpc) is 3.10. The SMILES string of the molecule is C=C(/C=C\C(=C/C)C(C)C)C1=NC(Cc2ccco2)C(=O)O1. The highest BCUT2D eigenvalue weighted by molar-refractivity contribution is 6.07. The molecule has 4 nitrogen and oxygen atoms in total. The van der Waals surface area contributed by atoms with Gasteiger partial charge >= 0.3 is 5.97 Å². The second-order valence-corrected chi connectivity index (χ2v) is 5.46. The van der Waals surface area contributed by atoms with Crippen molar-refractivity contribution in [1.82, 2.24) is 0 Å². The minimum absolute atomic E-state index is 0.289. The first-order valence-corrected chi connectivity index (χ1v) is 7.36. The molecule has 1 aliphatic heterocycles. The second kappa shape index (κ2) is 7.07. The van der Waals surface area contributed by atoms with E-state index in [2.05, 4.69) is 31.5 Å². The lowest BCUT2D eigenvalue weighted by Crippen LogP contribution is -2.17. The molecular formula is C18H21NO3. The van der Waals surface area contributed by atoms with Crippen molar-refractivity contribution in [1.29, 1.82) is 0 Å². The van der Waals surface area contributed by atoms with Gasteiger partial charge in [0.1, 0.15) is 5.76 Å². The molecule has 1 aromatic rings. The molecule has 116 valence electrons. The molecule has 0 N–H and O–H groups in total. The molecule has 0 amide bonds. The zero-order valence-corrected chi connectivity index (χ0v) is 13.2. The van der Waals surface area contributed by atoms with Gasteiger partial charge in [-0.15, -0.1) is 0 Å². The van der Waals surface area contributed by atoms with E-state index in [1.807, 2.05) is 25.1 Å². The van der Waals surface area contributed by atoms with Gasteiger partial charge < -0.3 is 9.15 Å². The Hall–Kier alpha value is -2.36. The van der Waals surface area contributed by atoms with Crippen LogP contribution in [-0.2, 0) is 16.0 Å². The number of hydrogen-bond donors (Lipinski definition) is 0. The van der Waals surface area contributed by atoms with Crippen LogP contribution in [0.2, 0.25) is 0 Å². The number of rotatable bonds is 6. The van der Waals surface area contributed by atoms with Crippen molar-refractivity contribution < 1.29 is 13.9 Å². The molecule has 0 radical (unpaired) electrons. The lowest BCUT2D eigenvalue weighted by molar-refractivity contribution is -0.135. The Morgan fingerprint density at radius 1 is 1.45 bits per heavy atom. The van der Waals surface area contributed by atoms with Gasteiger partial charge in [0.25, 0.3) is 0 Å². The minimum Gasteiger partial charge on any atom is -0.469 e. The lowest BCUT2D eigenvalue weighted by atomic mass is 10.0. The number of allylic oxidation sites excluding steroid dienone is 3. The molecule has 2 rings (SSSR count). The van der Waals surface area contributed by atoms with Crippen LogP contribution in [0.3, 0.4) is 0 Å². The fourth-order valence-corrected chi connectivity index (χ4v) is 2.17. The van der Waals surface area contributed by atoms with Gasteiger partial charge in [0.15, 0.2) is 6.04 Å². The summed E-state index contributed by atoms with van der Waals surface area (Å²) in [6, 6.07) is 3.04. The smallest absolute Gasteiger partial charge is 0.338 e. The van der Waals surface area contributed by atoms with Crippen LogP contribution in [0.5, 0.6) is 0 Å². The monoisotopic (exact) mass is 299 g/mol. The Bertz CT molecular complexity index is 633. The summed E-state index contributed by atoms with van der Waals surface area (Å²) in [5.41, 5.74) is 1.79. The van der Waals surface area contributed by atoms with Gasteiger partial charge in [0.2, 0.25) is 5.90 Å². The first-order valence-electron chi connectivity index (χ1n) is 7.36. The molecule has 0 spiro atoms. The number of hydrogen-bond acceptors (Lipinski definition) is 4. The van der Waals surface area contributed by atoms with Crippen molar-refractivity contribution in [2.24, 2.45) is 10.9 Å². The summed E-state index contributed by atoms with van der Waals surface area (Å²) in [5.74, 6) is 1.06. The third-order valence-corrected chi connectivity index (χ3v) is 3.47. The molecular weight excluding hydrogens is 278 g/mol. The number of ether oxygens (including phenoxy) is 1. The van der Waals surface area contributed by atoms with E-state index >= 15 is 0 Å². The van der Waals surface area contributed by atoms with E-state index in [1.165, 1.54) is 5.57 Å². The molecule has 0 fully saturated rings. The quantitative estimate of drug-likeness (QED) is 0.592. The summed E-state index contributed by atoms with van der Waals surface area (Å²) >= 11 is 0. The summed E-state index contributed by atoms with van der Waals surface area (Å²) in [5, 5.41) is 0. The average molecular weight is 299 g/mol. The number of carbonyl (C=O) groups is 1. The minimum atomic E-state index is -0.558. The molecule has 0 aromatic carbocycles. The van der Waals surface area contributed by atoms with Crippen molar-refractivity contribution in [3.63, 3.8) is 0 Å². The number of carbonyl (C=O) groups excluding carboxylic acids is 1. The molecule has 1 atom stereocenters. The summed E-state index contributed by atoms with van der Waals surface area (Å²) in [4.78, 5) is 16.2. The Labute approximate surface area is 130 Å². The fourth-order valence-electron chi connectivity index (χ4n) is 2.17. The first-order chi connectivity index (χ1) is 10.5. The van der Waals surface area contributed by atoms with Gasteiger partial charge in [-0.05, 0) is 36.6 Å². The standard InChI is InChI=1S/C18H21NO3/c1-5-14(12(2)3)9-8-13(4)17-19-16(18(20)22-17)11-15-7-6-10-21-15/h5-10,12,16H,4,11H2,1-3H3/b9-8-,14-5+. The number of furan rings is 1. The third-order valence-electron chi connectivity index (χ3n) is 3.47. The third kappa shape index (κ3) is 3.85. The maximum absolute atomic E-state index is 11.9. The van der Waals surface area contributed by atoms with E-state index in [0.717, 1.165) is 0 Å². The Kier molecular flexibility index (Phi) is 5.15. The van der Waals surface area contributed by atoms with Crippen LogP contribution in [0.4, 0.5) is 0 Å². The predicted molar refractivity (Wildman–Crippen MR) is 86.6 cm³/mol. The van der Waals surface area contributed by atoms with Crippen LogP contribution in [0, 0.1) is 5.92 Å². The zero-order chi connectivity index (χ0) is 16.1. The zero-order valence-electron chi connectivity index (χ0n) is 13.2. The molecule has 2 heterocycles. The number of cyclic esters (lactones) is 1. The van der Waals surface area contributed by atoms with Crippen LogP contribution in [-0.4, -0.2) is 17.9 Å². The molecule has 1 aromatic heterocycles. The maximum atomic E-state index is 11.9. The van der Waals surface area contributed by atoms with Crippen molar-refractivity contribution in [2.45, 2.75) is 33.2 Å². The summed E-state index contributed by atoms with van der Waals surface area (Å²) in [7, 11) is 0. The van der Waals surface area contributed by atoms with Gasteiger partial charge in [0, 0.05) is 12.0 Å². The molecule has 0 saturated carbocycles. The lowest BCUT2D eigenvalue weighted by Gasteiger charge is -2.05. The van der Waals surface area contributed by atoms with E-state index in [4.69, 9.17) is 9.15 Å². The summed E-state index contributed by atoms with van der Waals surface area (Å²) < 4.78 is 10.4. The van der Waals surface area contributed by atoms with Crippen molar-refractivity contribution >= 4 is 11.9 Å². The van der Waals surface area contributed by atoms with E-state index < -0.39 is 6.04 Å². The van der Waals surface area contributed by atoms with Gasteiger partial charge in [0.05, 0.1) is 6.26 Å². The number of aliphatic imine (C=N–C) groups is 1. The number of nitrogens with zero attached hydrogens (tertiary/aromatic N) is 1. The fraction of sp³-hybridized carbons (Fsp3) is 0.333. The van der Waals surface area contributed by atoms with E-state index in [1.54, 1.807) is 12.3 Å². The highest BCUT2D eigenvalue weighted by Gasteiger charge is 2.30. The Balaban J connectivity index is 2.04. The largest absolute Gasteiger partial charge is 0.469 e.